The molecule has 0 spiro atoms. The number of nitrogens with zero attached hydrogens (tertiary/aromatic N) is 4. The van der Waals surface area contributed by atoms with Crippen molar-refractivity contribution in [3.8, 4) is 0 Å². The molecule has 0 amide bonds. The molecule has 4 aliphatic heterocycles. The van der Waals surface area contributed by atoms with E-state index in [2.05, 4.69) is 170 Å². The molecule has 2 atom stereocenters. The first kappa shape index (κ1) is 34.9. The van der Waals surface area contributed by atoms with E-state index >= 15 is 0 Å². The largest absolute Gasteiger partial charge is 0.317 e. The van der Waals surface area contributed by atoms with Gasteiger partial charge in [-0.05, 0) is 124 Å². The molecule has 1 aromatic heterocycles. The Balaban J connectivity index is 1.08. The van der Waals surface area contributed by atoms with Crippen molar-refractivity contribution < 1.29 is 0 Å². The van der Waals surface area contributed by atoms with E-state index in [1.165, 1.54) is 70.9 Å². The Morgan fingerprint density at radius 2 is 1.76 bits per heavy atom. The molecule has 0 fully saturated rings. The Morgan fingerprint density at radius 3 is 2.56 bits per heavy atom. The SMILES string of the molecule is CCC1=C(/C=C(\C)C2=CI=C(/C(=C/C=C3\CC4=C(CCC=C4)N3c3ccccc3)C(C)C)C=C2)n2c(nc3ccccc32)C2C1=Nc1ccccc1[C@H]2C. The quantitative estimate of drug-likeness (QED) is 0.174. The molecule has 0 radical (unpaired) electrons. The molecule has 0 saturated heterocycles. The molecular formula is C49H47IN4. The summed E-state index contributed by atoms with van der Waals surface area (Å²) < 4.78 is 6.48. The third kappa shape index (κ3) is 6.01. The van der Waals surface area contributed by atoms with Crippen LogP contribution in [0.1, 0.15) is 83.5 Å². The molecule has 0 N–H and O–H groups in total. The highest BCUT2D eigenvalue weighted by Gasteiger charge is 2.40. The lowest BCUT2D eigenvalue weighted by molar-refractivity contribution is 0.643. The van der Waals surface area contributed by atoms with Crippen LogP contribution in [-0.2, 0) is 0 Å². The minimum absolute atomic E-state index is 0.120. The number of halogens is 1. The summed E-state index contributed by atoms with van der Waals surface area (Å²) in [4.78, 5) is 13.2. The van der Waals surface area contributed by atoms with E-state index in [0.717, 1.165) is 42.7 Å². The molecule has 5 aliphatic rings. The van der Waals surface area contributed by atoms with Crippen LogP contribution in [0.3, 0.4) is 0 Å². The number of aromatic nitrogens is 2. The van der Waals surface area contributed by atoms with E-state index in [1.54, 1.807) is 0 Å². The predicted molar refractivity (Wildman–Crippen MR) is 238 cm³/mol. The zero-order valence-electron chi connectivity index (χ0n) is 31.9. The number of para-hydroxylation sites is 4. The van der Waals surface area contributed by atoms with E-state index in [9.17, 15) is 0 Å². The summed E-state index contributed by atoms with van der Waals surface area (Å²) in [5, 5.41) is 0. The molecule has 0 saturated carbocycles. The van der Waals surface area contributed by atoms with Crippen LogP contribution < -0.4 is 4.90 Å². The van der Waals surface area contributed by atoms with Crippen LogP contribution in [0.25, 0.3) is 16.7 Å². The second kappa shape index (κ2) is 14.4. The predicted octanol–water partition coefficient (Wildman–Crippen LogP) is 13.2. The summed E-state index contributed by atoms with van der Waals surface area (Å²) in [5.74, 6) is 1.94. The van der Waals surface area contributed by atoms with Crippen molar-refractivity contribution in [2.24, 2.45) is 10.9 Å². The first-order valence-corrected chi connectivity index (χ1v) is 21.8. The number of fused-ring (bicyclic) bond motifs is 6. The van der Waals surface area contributed by atoms with Gasteiger partial charge in [-0.1, -0.05) is 121 Å². The van der Waals surface area contributed by atoms with Gasteiger partial charge >= 0.3 is 0 Å². The number of aliphatic imine (C=N–C) groups is 1. The first-order chi connectivity index (χ1) is 26.4. The molecule has 5 heterocycles. The van der Waals surface area contributed by atoms with Crippen molar-refractivity contribution in [1.82, 2.24) is 9.55 Å². The average molecular weight is 819 g/mol. The maximum absolute atomic E-state index is 5.37. The Kier molecular flexibility index (Phi) is 9.30. The minimum Gasteiger partial charge on any atom is -0.317 e. The standard InChI is InChI=1S/C49H47IN4/c1-6-38-46(54-45-23-15-13-21-43(45)52-49(54)47-33(5)40-19-11-12-20-42(40)51-48(38)47)28-32(4)35-24-27-41(50-30-35)39(31(2)3)26-25-37-29-34-16-10-14-22-44(34)53(37)36-17-8-7-9-18-36/h7-13,15-21,23-28,30-31,33,47H,6,14,22,29H2,1-5H3/b32-28+,37-25+,39-26+/t33-,47?/m1/s1. The number of hydrogen-bond donors (Lipinski definition) is 0. The topological polar surface area (TPSA) is 33.4 Å². The lowest BCUT2D eigenvalue weighted by atomic mass is 9.75. The minimum atomic E-state index is -0.321. The monoisotopic (exact) mass is 818 g/mol. The Bertz CT molecular complexity index is 2510. The first-order valence-electron chi connectivity index (χ1n) is 19.5. The molecule has 1 unspecified atom stereocenters. The number of allylic oxidation sites excluding steroid dienone is 14. The maximum atomic E-state index is 5.37. The third-order valence-corrected chi connectivity index (χ3v) is 14.2. The van der Waals surface area contributed by atoms with Crippen LogP contribution in [0.15, 0.2) is 170 Å². The normalized spacial score (nSPS) is 21.9. The zero-order valence-corrected chi connectivity index (χ0v) is 34.0. The van der Waals surface area contributed by atoms with E-state index in [-0.39, 0.29) is 32.6 Å². The second-order valence-electron chi connectivity index (χ2n) is 15.2. The van der Waals surface area contributed by atoms with Gasteiger partial charge < -0.3 is 4.90 Å². The molecule has 0 bridgehead atoms. The fraction of sp³-hybridized carbons (Fsp3) is 0.245. The van der Waals surface area contributed by atoms with Crippen LogP contribution in [-0.4, -0.2) is 18.8 Å². The van der Waals surface area contributed by atoms with Gasteiger partial charge in [0.15, 0.2) is 0 Å². The third-order valence-electron chi connectivity index (χ3n) is 11.6. The highest BCUT2D eigenvalue weighted by molar-refractivity contribution is 14.2. The van der Waals surface area contributed by atoms with Crippen molar-refractivity contribution in [2.75, 3.05) is 4.90 Å². The smallest absolute Gasteiger partial charge is 0.124 e. The lowest BCUT2D eigenvalue weighted by Crippen LogP contribution is -2.31. The van der Waals surface area contributed by atoms with Crippen LogP contribution in [0.5, 0.6) is 0 Å². The summed E-state index contributed by atoms with van der Waals surface area (Å²) in [6.07, 6.45) is 20.8. The van der Waals surface area contributed by atoms with Gasteiger partial charge in [0.1, 0.15) is 5.82 Å². The second-order valence-corrected chi connectivity index (χ2v) is 17.6. The van der Waals surface area contributed by atoms with Crippen molar-refractivity contribution in [3.63, 3.8) is 0 Å². The molecule has 3 aromatic carbocycles. The fourth-order valence-electron chi connectivity index (χ4n) is 8.83. The van der Waals surface area contributed by atoms with E-state index in [4.69, 9.17) is 9.98 Å². The fourth-order valence-corrected chi connectivity index (χ4v) is 11.7. The maximum Gasteiger partial charge on any atom is 0.124 e. The molecule has 4 aromatic rings. The van der Waals surface area contributed by atoms with Crippen molar-refractivity contribution in [2.45, 2.75) is 72.1 Å². The number of hydrogen-bond acceptors (Lipinski definition) is 3. The van der Waals surface area contributed by atoms with E-state index in [1.807, 2.05) is 0 Å². The van der Waals surface area contributed by atoms with Crippen LogP contribution in [0.4, 0.5) is 11.4 Å². The number of benzene rings is 3. The highest BCUT2D eigenvalue weighted by Crippen LogP contribution is 2.49. The van der Waals surface area contributed by atoms with Gasteiger partial charge in [-0.2, -0.15) is 0 Å². The molecule has 270 valence electrons. The molecule has 54 heavy (non-hydrogen) atoms. The van der Waals surface area contributed by atoms with Gasteiger partial charge in [-0.15, -0.1) is 0 Å². The van der Waals surface area contributed by atoms with Crippen LogP contribution in [0, 0.1) is 5.92 Å². The van der Waals surface area contributed by atoms with Crippen LogP contribution >= 0.6 is 20.7 Å². The highest BCUT2D eigenvalue weighted by atomic mass is 127. The van der Waals surface area contributed by atoms with Gasteiger partial charge in [0, 0.05) is 27.0 Å². The number of rotatable bonds is 7. The summed E-state index contributed by atoms with van der Waals surface area (Å²) >= 11 is -0.321. The lowest BCUT2D eigenvalue weighted by Gasteiger charge is -2.36. The summed E-state index contributed by atoms with van der Waals surface area (Å²) in [6.45, 7) is 11.6. The molecule has 1 aliphatic carbocycles. The Hall–Kier alpha value is -4.88. The molecule has 4 nitrogen and oxygen atoms in total. The Labute approximate surface area is 329 Å². The van der Waals surface area contributed by atoms with Gasteiger partial charge in [0.05, 0.1) is 34.0 Å². The number of imidazole rings is 1. The van der Waals surface area contributed by atoms with Gasteiger partial charge in [-0.3, -0.25) is 9.56 Å². The van der Waals surface area contributed by atoms with Crippen molar-refractivity contribution in [1.29, 1.82) is 0 Å². The summed E-state index contributed by atoms with van der Waals surface area (Å²) in [7, 11) is 0. The summed E-state index contributed by atoms with van der Waals surface area (Å²) in [5.41, 5.74) is 17.9. The summed E-state index contributed by atoms with van der Waals surface area (Å²) in [6, 6.07) is 28.2. The Morgan fingerprint density at radius 1 is 0.963 bits per heavy atom. The molecule has 5 heteroatoms. The van der Waals surface area contributed by atoms with Gasteiger partial charge in [0.2, 0.25) is 0 Å². The zero-order chi connectivity index (χ0) is 36.9. The average Bonchev–Trinajstić information content (AvgIpc) is 3.77. The van der Waals surface area contributed by atoms with Crippen molar-refractivity contribution >= 4 is 58.1 Å². The van der Waals surface area contributed by atoms with Crippen molar-refractivity contribution in [3.05, 3.63) is 176 Å². The number of anilines is 1. The molecular weight excluding hydrogens is 771 g/mol. The van der Waals surface area contributed by atoms with E-state index < -0.39 is 0 Å². The van der Waals surface area contributed by atoms with Gasteiger partial charge in [-0.25, -0.2) is 4.98 Å². The van der Waals surface area contributed by atoms with Gasteiger partial charge in [0.25, 0.3) is 0 Å². The van der Waals surface area contributed by atoms with E-state index in [0.29, 0.717) is 5.92 Å². The molecule has 9 rings (SSSR count). The van der Waals surface area contributed by atoms with Crippen LogP contribution in [0.2, 0.25) is 0 Å².